The van der Waals surface area contributed by atoms with E-state index in [9.17, 15) is 22.8 Å². The van der Waals surface area contributed by atoms with Crippen LogP contribution in [-0.4, -0.2) is 68.3 Å². The number of rotatable bonds is 6. The summed E-state index contributed by atoms with van der Waals surface area (Å²) in [6.07, 6.45) is -3.34. The molecular formula is C22H24F3N7O3. The molecule has 13 heteroatoms. The van der Waals surface area contributed by atoms with E-state index >= 15 is 0 Å². The summed E-state index contributed by atoms with van der Waals surface area (Å²) in [5, 5.41) is 6.38. The van der Waals surface area contributed by atoms with Crippen LogP contribution in [0.4, 0.5) is 24.9 Å². The summed E-state index contributed by atoms with van der Waals surface area (Å²) in [5.74, 6) is -0.852. The van der Waals surface area contributed by atoms with Gasteiger partial charge in [-0.25, -0.2) is 19.5 Å². The molecule has 10 nitrogen and oxygen atoms in total. The quantitative estimate of drug-likeness (QED) is 0.565. The summed E-state index contributed by atoms with van der Waals surface area (Å²) in [6, 6.07) is 6.13. The number of carbonyl (C=O) groups excluding carboxylic acids is 2. The third kappa shape index (κ3) is 5.50. The normalized spacial score (nSPS) is 16.5. The summed E-state index contributed by atoms with van der Waals surface area (Å²) >= 11 is 0. The first kappa shape index (κ1) is 24.4. The van der Waals surface area contributed by atoms with Gasteiger partial charge in [-0.3, -0.25) is 14.5 Å². The van der Waals surface area contributed by atoms with Crippen molar-refractivity contribution in [1.29, 1.82) is 0 Å². The lowest BCUT2D eigenvalue weighted by Gasteiger charge is -2.23. The van der Waals surface area contributed by atoms with E-state index in [1.54, 1.807) is 34.7 Å². The molecule has 186 valence electrons. The number of aromatic nitrogens is 4. The smallest absolute Gasteiger partial charge is 0.445 e. The predicted molar refractivity (Wildman–Crippen MR) is 118 cm³/mol. The fraction of sp³-hybridized carbons (Fsp3) is 0.409. The number of hydrogen-bond donors (Lipinski definition) is 1. The lowest BCUT2D eigenvalue weighted by Crippen LogP contribution is -2.45. The van der Waals surface area contributed by atoms with Crippen molar-refractivity contribution < 1.29 is 27.2 Å². The molecule has 0 saturated carbocycles. The maximum absolute atomic E-state index is 13.4. The second-order valence-electron chi connectivity index (χ2n) is 8.38. The minimum absolute atomic E-state index is 0.110. The van der Waals surface area contributed by atoms with E-state index in [0.717, 1.165) is 11.4 Å². The highest BCUT2D eigenvalue weighted by molar-refractivity contribution is 5.99. The average Bonchev–Trinajstić information content (AvgIpc) is 3.48. The first-order valence-electron chi connectivity index (χ1n) is 10.9. The molecule has 2 amide bonds. The molecule has 1 aliphatic heterocycles. The largest absolute Gasteiger partial charge is 0.471 e. The van der Waals surface area contributed by atoms with E-state index in [1.165, 1.54) is 11.2 Å². The van der Waals surface area contributed by atoms with Crippen LogP contribution in [0.2, 0.25) is 0 Å². The number of nitrogens with zero attached hydrogens (tertiary/aromatic N) is 6. The molecule has 4 rings (SSSR count). The summed E-state index contributed by atoms with van der Waals surface area (Å²) < 4.78 is 45.0. The number of furan rings is 1. The van der Waals surface area contributed by atoms with Crippen LogP contribution < -0.4 is 10.2 Å². The highest BCUT2D eigenvalue weighted by atomic mass is 19.4. The van der Waals surface area contributed by atoms with Crippen molar-refractivity contribution in [2.24, 2.45) is 0 Å². The maximum atomic E-state index is 13.4. The molecule has 0 spiro atoms. The lowest BCUT2D eigenvalue weighted by molar-refractivity contribution is -0.174. The topological polar surface area (TPSA) is 109 Å². The molecule has 1 fully saturated rings. The molecule has 1 aliphatic rings. The van der Waals surface area contributed by atoms with Crippen LogP contribution in [0.25, 0.3) is 5.82 Å². The van der Waals surface area contributed by atoms with Crippen LogP contribution in [0.1, 0.15) is 23.6 Å². The van der Waals surface area contributed by atoms with Crippen LogP contribution in [-0.2, 0) is 9.59 Å². The predicted octanol–water partition coefficient (Wildman–Crippen LogP) is 2.60. The van der Waals surface area contributed by atoms with Gasteiger partial charge < -0.3 is 9.73 Å². The van der Waals surface area contributed by atoms with Crippen molar-refractivity contribution in [3.63, 3.8) is 0 Å². The maximum Gasteiger partial charge on any atom is 0.471 e. The van der Waals surface area contributed by atoms with Crippen molar-refractivity contribution in [2.75, 3.05) is 24.5 Å². The van der Waals surface area contributed by atoms with Crippen molar-refractivity contribution in [3.05, 3.63) is 47.7 Å². The van der Waals surface area contributed by atoms with E-state index < -0.39 is 24.0 Å². The molecular weight excluding hydrogens is 467 g/mol. The second kappa shape index (κ2) is 9.49. The van der Waals surface area contributed by atoms with Crippen molar-refractivity contribution in [1.82, 2.24) is 30.0 Å². The van der Waals surface area contributed by atoms with Gasteiger partial charge in [-0.2, -0.15) is 18.3 Å². The van der Waals surface area contributed by atoms with Crippen LogP contribution in [0.3, 0.4) is 0 Å². The number of aryl methyl sites for hydroxylation is 3. The van der Waals surface area contributed by atoms with Gasteiger partial charge in [0, 0.05) is 37.0 Å². The van der Waals surface area contributed by atoms with E-state index in [1.807, 2.05) is 25.2 Å². The van der Waals surface area contributed by atoms with Gasteiger partial charge in [-0.15, -0.1) is 0 Å². The third-order valence-electron chi connectivity index (χ3n) is 5.51. The average molecular weight is 491 g/mol. The molecule has 35 heavy (non-hydrogen) atoms. The summed E-state index contributed by atoms with van der Waals surface area (Å²) in [6.45, 7) is 5.81. The number of halogens is 3. The van der Waals surface area contributed by atoms with Crippen molar-refractivity contribution in [2.45, 2.75) is 39.4 Å². The Balaban J connectivity index is 1.55. The Morgan fingerprint density at radius 1 is 1.20 bits per heavy atom. The van der Waals surface area contributed by atoms with E-state index in [-0.39, 0.29) is 24.8 Å². The molecule has 1 atom stereocenters. The molecule has 0 bridgehead atoms. The van der Waals surface area contributed by atoms with E-state index in [2.05, 4.69) is 15.1 Å². The number of hydrogen-bond acceptors (Lipinski definition) is 7. The van der Waals surface area contributed by atoms with Crippen LogP contribution in [0.15, 0.2) is 35.0 Å². The fourth-order valence-corrected chi connectivity index (χ4v) is 3.96. The Kier molecular flexibility index (Phi) is 6.61. The summed E-state index contributed by atoms with van der Waals surface area (Å²) in [4.78, 5) is 36.1. The number of anilines is 2. The highest BCUT2D eigenvalue weighted by Gasteiger charge is 2.41. The molecule has 3 aromatic rings. The van der Waals surface area contributed by atoms with Gasteiger partial charge in [0.15, 0.2) is 5.82 Å². The lowest BCUT2D eigenvalue weighted by atomic mass is 10.2. The Bertz CT molecular complexity index is 1240. The van der Waals surface area contributed by atoms with Crippen LogP contribution in [0.5, 0.6) is 0 Å². The zero-order valence-corrected chi connectivity index (χ0v) is 19.3. The number of amides is 2. The summed E-state index contributed by atoms with van der Waals surface area (Å²) in [7, 11) is 0. The highest BCUT2D eigenvalue weighted by Crippen LogP contribution is 2.28. The monoisotopic (exact) mass is 491 g/mol. The van der Waals surface area contributed by atoms with Gasteiger partial charge in [0.05, 0.1) is 12.2 Å². The second-order valence-corrected chi connectivity index (χ2v) is 8.38. The van der Waals surface area contributed by atoms with Gasteiger partial charge in [0.2, 0.25) is 11.8 Å². The molecule has 0 radical (unpaired) electrons. The van der Waals surface area contributed by atoms with Gasteiger partial charge in [0.1, 0.15) is 17.9 Å². The molecule has 1 N–H and O–H groups in total. The van der Waals surface area contributed by atoms with Gasteiger partial charge in [0.25, 0.3) is 0 Å². The first-order valence-corrected chi connectivity index (χ1v) is 10.9. The Labute approximate surface area is 198 Å². The molecule has 1 unspecified atom stereocenters. The molecule has 1 saturated heterocycles. The van der Waals surface area contributed by atoms with Gasteiger partial charge >= 0.3 is 12.1 Å². The fourth-order valence-electron chi connectivity index (χ4n) is 3.96. The Morgan fingerprint density at radius 3 is 2.60 bits per heavy atom. The molecule has 3 aromatic heterocycles. The Hall–Kier alpha value is -3.74. The number of alkyl halides is 3. The van der Waals surface area contributed by atoms with Gasteiger partial charge in [-0.1, -0.05) is 0 Å². The minimum atomic E-state index is -4.95. The summed E-state index contributed by atoms with van der Waals surface area (Å²) in [5.41, 5.74) is 1.65. The number of carbonyl (C=O) groups is 2. The molecule has 0 aliphatic carbocycles. The van der Waals surface area contributed by atoms with Gasteiger partial charge in [-0.05, 0) is 39.3 Å². The van der Waals surface area contributed by atoms with E-state index in [0.29, 0.717) is 24.5 Å². The molecule has 0 aromatic carbocycles. The zero-order chi connectivity index (χ0) is 25.3. The van der Waals surface area contributed by atoms with Crippen molar-refractivity contribution in [3.8, 4) is 5.82 Å². The standard InChI is InChI=1S/C22H24F3N7O3/c1-13-8-14(2)32(29-13)18-9-17(26-12-27-18)31(20-5-4-15(3)35-20)19(33)11-30-7-6-16(10-30)28-21(34)22(23,24)25/h4-5,8-9,12,16H,6-7,10-11H2,1-3H3,(H,28,34). The SMILES string of the molecule is Cc1cc(C)n(-c2cc(N(C(=O)CN3CCC(NC(=O)C(F)(F)F)C3)c3ccc(C)o3)ncn2)n1. The number of nitrogens with one attached hydrogen (secondary N) is 1. The Morgan fingerprint density at radius 2 is 1.97 bits per heavy atom. The minimum Gasteiger partial charge on any atom is -0.445 e. The first-order chi connectivity index (χ1) is 16.5. The van der Waals surface area contributed by atoms with Crippen molar-refractivity contribution >= 4 is 23.5 Å². The number of likely N-dealkylation sites (tertiary alicyclic amines) is 1. The zero-order valence-electron chi connectivity index (χ0n) is 19.3. The third-order valence-corrected chi connectivity index (χ3v) is 5.51. The molecule has 4 heterocycles. The van der Waals surface area contributed by atoms with Crippen LogP contribution >= 0.6 is 0 Å². The van der Waals surface area contributed by atoms with Crippen LogP contribution in [0, 0.1) is 20.8 Å². The van der Waals surface area contributed by atoms with E-state index in [4.69, 9.17) is 4.42 Å².